The molecule has 0 atom stereocenters. The van der Waals surface area contributed by atoms with Gasteiger partial charge in [-0.3, -0.25) is 0 Å². The van der Waals surface area contributed by atoms with Crippen LogP contribution in [0.25, 0.3) is 0 Å². The Hall–Kier alpha value is -2.17. The molecule has 144 valence electrons. The van der Waals surface area contributed by atoms with Gasteiger partial charge in [0.2, 0.25) is 11.0 Å². The molecule has 0 fully saturated rings. The first-order chi connectivity index (χ1) is 12.0. The second kappa shape index (κ2) is 7.60. The molecule has 11 heteroatoms. The SMILES string of the molecule is CC(C)n1nnnc1SCc1nc(C(C)(C)NC(=O)OC(C)(C)C)no1. The van der Waals surface area contributed by atoms with Crippen molar-refractivity contribution in [3.05, 3.63) is 11.7 Å². The Balaban J connectivity index is 1.99. The molecule has 0 radical (unpaired) electrons. The second-order valence-electron chi connectivity index (χ2n) is 7.55. The van der Waals surface area contributed by atoms with Crippen LogP contribution >= 0.6 is 11.8 Å². The van der Waals surface area contributed by atoms with Crippen LogP contribution in [0.3, 0.4) is 0 Å². The Morgan fingerprint density at radius 2 is 2.00 bits per heavy atom. The van der Waals surface area contributed by atoms with Crippen molar-refractivity contribution in [3.63, 3.8) is 0 Å². The number of carbonyl (C=O) groups is 1. The van der Waals surface area contributed by atoms with E-state index in [1.165, 1.54) is 11.8 Å². The van der Waals surface area contributed by atoms with Gasteiger partial charge in [0.05, 0.1) is 11.8 Å². The Morgan fingerprint density at radius 1 is 1.31 bits per heavy atom. The van der Waals surface area contributed by atoms with E-state index in [1.54, 1.807) is 39.3 Å². The van der Waals surface area contributed by atoms with Crippen molar-refractivity contribution in [2.45, 2.75) is 76.6 Å². The summed E-state index contributed by atoms with van der Waals surface area (Å²) in [5.41, 5.74) is -1.42. The summed E-state index contributed by atoms with van der Waals surface area (Å²) in [6, 6.07) is 0.155. The zero-order valence-electron chi connectivity index (χ0n) is 16.1. The quantitative estimate of drug-likeness (QED) is 0.750. The van der Waals surface area contributed by atoms with Gasteiger partial charge in [-0.25, -0.2) is 9.48 Å². The summed E-state index contributed by atoms with van der Waals surface area (Å²) in [6.07, 6.45) is -0.542. The number of nitrogens with zero attached hydrogens (tertiary/aromatic N) is 6. The van der Waals surface area contributed by atoms with Crippen molar-refractivity contribution in [3.8, 4) is 0 Å². The van der Waals surface area contributed by atoms with Crippen LogP contribution in [-0.2, 0) is 16.0 Å². The van der Waals surface area contributed by atoms with Crippen molar-refractivity contribution in [1.29, 1.82) is 0 Å². The maximum Gasteiger partial charge on any atom is 0.408 e. The highest BCUT2D eigenvalue weighted by Crippen LogP contribution is 2.23. The first kappa shape index (κ1) is 20.1. The molecule has 0 aromatic carbocycles. The Bertz CT molecular complexity index is 749. The van der Waals surface area contributed by atoms with Crippen molar-refractivity contribution in [1.82, 2.24) is 35.7 Å². The van der Waals surface area contributed by atoms with Gasteiger partial charge in [0.25, 0.3) is 0 Å². The van der Waals surface area contributed by atoms with Crippen molar-refractivity contribution >= 4 is 17.9 Å². The Morgan fingerprint density at radius 3 is 2.62 bits per heavy atom. The average molecular weight is 383 g/mol. The molecule has 1 amide bonds. The van der Waals surface area contributed by atoms with E-state index in [4.69, 9.17) is 9.26 Å². The average Bonchev–Trinajstić information content (AvgIpc) is 3.11. The number of thioether (sulfide) groups is 1. The molecule has 2 aromatic rings. The maximum atomic E-state index is 12.0. The van der Waals surface area contributed by atoms with Gasteiger partial charge in [-0.1, -0.05) is 16.9 Å². The fraction of sp³-hybridized carbons (Fsp3) is 0.733. The van der Waals surface area contributed by atoms with Crippen LogP contribution in [0.15, 0.2) is 9.68 Å². The Kier molecular flexibility index (Phi) is 5.89. The van der Waals surface area contributed by atoms with Crippen LogP contribution in [0.2, 0.25) is 0 Å². The van der Waals surface area contributed by atoms with E-state index >= 15 is 0 Å². The van der Waals surface area contributed by atoms with E-state index in [9.17, 15) is 4.79 Å². The number of amides is 1. The molecule has 0 spiro atoms. The number of hydrogen-bond donors (Lipinski definition) is 1. The smallest absolute Gasteiger partial charge is 0.408 e. The number of carbonyl (C=O) groups excluding carboxylic acids is 1. The lowest BCUT2D eigenvalue weighted by molar-refractivity contribution is 0.0465. The van der Waals surface area contributed by atoms with Gasteiger partial charge in [0.15, 0.2) is 5.82 Å². The van der Waals surface area contributed by atoms with E-state index in [1.807, 2.05) is 13.8 Å². The third-order valence-corrected chi connectivity index (χ3v) is 4.04. The standard InChI is InChI=1S/C15H25N7O3S/c1-9(2)22-12(18-20-21-22)26-8-10-16-11(19-25-10)15(6,7)17-13(23)24-14(3,4)5/h9H,8H2,1-7H3,(H,17,23). The van der Waals surface area contributed by atoms with Crippen LogP contribution in [-0.4, -0.2) is 42.0 Å². The summed E-state index contributed by atoms with van der Waals surface area (Å²) in [6.45, 7) is 12.9. The van der Waals surface area contributed by atoms with E-state index < -0.39 is 17.2 Å². The van der Waals surface area contributed by atoms with Gasteiger partial charge in [0, 0.05) is 0 Å². The van der Waals surface area contributed by atoms with E-state index in [0.717, 1.165) is 0 Å². The molecule has 1 N–H and O–H groups in total. The minimum absolute atomic E-state index is 0.155. The number of aromatic nitrogens is 6. The third-order valence-electron chi connectivity index (χ3n) is 3.12. The number of nitrogens with one attached hydrogen (secondary N) is 1. The summed E-state index contributed by atoms with van der Waals surface area (Å²) in [7, 11) is 0. The number of hydrogen-bond acceptors (Lipinski definition) is 9. The number of alkyl carbamates (subject to hydrolysis) is 1. The van der Waals surface area contributed by atoms with Crippen molar-refractivity contribution in [2.75, 3.05) is 0 Å². The fourth-order valence-corrected chi connectivity index (χ4v) is 2.76. The molecule has 0 aliphatic carbocycles. The summed E-state index contributed by atoms with van der Waals surface area (Å²) < 4.78 is 12.3. The predicted octanol–water partition coefficient (Wildman–Crippen LogP) is 2.69. The molecule has 26 heavy (non-hydrogen) atoms. The topological polar surface area (TPSA) is 121 Å². The monoisotopic (exact) mass is 383 g/mol. The zero-order valence-corrected chi connectivity index (χ0v) is 16.9. The lowest BCUT2D eigenvalue weighted by Crippen LogP contribution is -2.44. The summed E-state index contributed by atoms with van der Waals surface area (Å²) >= 11 is 1.40. The van der Waals surface area contributed by atoms with Gasteiger partial charge in [-0.2, -0.15) is 4.98 Å². The Labute approximate surface area is 156 Å². The highest BCUT2D eigenvalue weighted by Gasteiger charge is 2.31. The molecule has 2 heterocycles. The van der Waals surface area contributed by atoms with Crippen molar-refractivity contribution in [2.24, 2.45) is 0 Å². The normalized spacial score (nSPS) is 12.5. The molecule has 0 saturated heterocycles. The van der Waals surface area contributed by atoms with E-state index in [-0.39, 0.29) is 6.04 Å². The molecule has 10 nitrogen and oxygen atoms in total. The first-order valence-electron chi connectivity index (χ1n) is 8.23. The lowest BCUT2D eigenvalue weighted by Gasteiger charge is -2.26. The molecule has 0 aliphatic heterocycles. The highest BCUT2D eigenvalue weighted by molar-refractivity contribution is 7.98. The zero-order chi connectivity index (χ0) is 19.5. The number of rotatable bonds is 6. The molecule has 0 aliphatic rings. The number of ether oxygens (including phenoxy) is 1. The molecular weight excluding hydrogens is 358 g/mol. The van der Waals surface area contributed by atoms with Crippen LogP contribution < -0.4 is 5.32 Å². The maximum absolute atomic E-state index is 12.0. The van der Waals surface area contributed by atoms with Gasteiger partial charge >= 0.3 is 6.09 Å². The third kappa shape index (κ3) is 5.41. The fourth-order valence-electron chi connectivity index (χ4n) is 1.91. The van der Waals surface area contributed by atoms with E-state index in [2.05, 4.69) is 31.0 Å². The van der Waals surface area contributed by atoms with Gasteiger partial charge < -0.3 is 14.6 Å². The lowest BCUT2D eigenvalue weighted by atomic mass is 10.1. The summed E-state index contributed by atoms with van der Waals surface area (Å²) in [5.74, 6) is 1.20. The molecule has 0 unspecified atom stereocenters. The van der Waals surface area contributed by atoms with Gasteiger partial charge in [-0.05, 0) is 58.9 Å². The van der Waals surface area contributed by atoms with Crippen LogP contribution in [0, 0.1) is 0 Å². The largest absolute Gasteiger partial charge is 0.444 e. The minimum Gasteiger partial charge on any atom is -0.444 e. The van der Waals surface area contributed by atoms with Crippen molar-refractivity contribution < 1.29 is 14.1 Å². The van der Waals surface area contributed by atoms with Gasteiger partial charge in [0.1, 0.15) is 11.1 Å². The summed E-state index contributed by atoms with van der Waals surface area (Å²) in [5, 5.41) is 19.0. The molecule has 2 aromatic heterocycles. The predicted molar refractivity (Wildman–Crippen MR) is 94.5 cm³/mol. The molecule has 0 saturated carbocycles. The van der Waals surface area contributed by atoms with Crippen LogP contribution in [0.4, 0.5) is 4.79 Å². The first-order valence-corrected chi connectivity index (χ1v) is 9.21. The molecule has 2 rings (SSSR count). The summed E-state index contributed by atoms with van der Waals surface area (Å²) in [4.78, 5) is 16.3. The second-order valence-corrected chi connectivity index (χ2v) is 8.49. The van der Waals surface area contributed by atoms with Gasteiger partial charge in [-0.15, -0.1) is 5.10 Å². The van der Waals surface area contributed by atoms with Crippen LogP contribution in [0.5, 0.6) is 0 Å². The number of tetrazole rings is 1. The van der Waals surface area contributed by atoms with E-state index in [0.29, 0.717) is 22.6 Å². The minimum atomic E-state index is -0.839. The highest BCUT2D eigenvalue weighted by atomic mass is 32.2. The molecule has 0 bridgehead atoms. The molecular formula is C15H25N7O3S. The van der Waals surface area contributed by atoms with Crippen LogP contribution in [0.1, 0.15) is 66.2 Å².